The Labute approximate surface area is 499 Å². The molecule has 0 aliphatic heterocycles. The summed E-state index contributed by atoms with van der Waals surface area (Å²) in [5.41, 5.74) is 0. The van der Waals surface area contributed by atoms with Gasteiger partial charge in [0.05, 0.1) is 0 Å². The van der Waals surface area contributed by atoms with Crippen LogP contribution in [-0.4, -0.2) is 37.2 Å². The Bertz CT molecular complexity index is 1810. The summed E-state index contributed by atoms with van der Waals surface area (Å²) in [6, 6.07) is 0. The predicted octanol–water partition coefficient (Wildman–Crippen LogP) is 22.9. The molecule has 456 valence electrons. The van der Waals surface area contributed by atoms with Crippen LogP contribution in [0.5, 0.6) is 0 Å². The van der Waals surface area contributed by atoms with Gasteiger partial charge in [0.2, 0.25) is 0 Å². The van der Waals surface area contributed by atoms with E-state index in [1.165, 1.54) is 89.9 Å². The molecule has 6 heteroatoms. The van der Waals surface area contributed by atoms with Gasteiger partial charge in [-0.3, -0.25) is 14.4 Å². The number of rotatable bonds is 58. The van der Waals surface area contributed by atoms with E-state index in [0.29, 0.717) is 25.7 Å². The minimum Gasteiger partial charge on any atom is -0.462 e. The van der Waals surface area contributed by atoms with E-state index >= 15 is 0 Å². The van der Waals surface area contributed by atoms with Gasteiger partial charge in [0.15, 0.2) is 6.10 Å². The molecule has 0 heterocycles. The molecule has 0 aliphatic rings. The fourth-order valence-corrected chi connectivity index (χ4v) is 8.62. The van der Waals surface area contributed by atoms with Crippen molar-refractivity contribution in [1.29, 1.82) is 0 Å². The zero-order chi connectivity index (χ0) is 58.5. The second-order valence-corrected chi connectivity index (χ2v) is 21.3. The summed E-state index contributed by atoms with van der Waals surface area (Å²) in [5, 5.41) is 0. The van der Waals surface area contributed by atoms with Crippen LogP contribution in [0, 0.1) is 0 Å². The van der Waals surface area contributed by atoms with Crippen molar-refractivity contribution in [2.75, 3.05) is 13.2 Å². The average Bonchev–Trinajstić information content (AvgIpc) is 3.47. The number of hydrogen-bond donors (Lipinski definition) is 0. The smallest absolute Gasteiger partial charge is 0.306 e. The Morgan fingerprint density at radius 3 is 0.790 bits per heavy atom. The number of unbranched alkanes of at least 4 members (excludes halogenated alkanes) is 21. The maximum absolute atomic E-state index is 12.9. The lowest BCUT2D eigenvalue weighted by Crippen LogP contribution is -2.30. The lowest BCUT2D eigenvalue weighted by molar-refractivity contribution is -0.167. The average molecular weight is 1120 g/mol. The Balaban J connectivity index is 4.46. The summed E-state index contributed by atoms with van der Waals surface area (Å²) in [7, 11) is 0. The Morgan fingerprint density at radius 2 is 0.481 bits per heavy atom. The highest BCUT2D eigenvalue weighted by molar-refractivity contribution is 5.71. The molecule has 0 amide bonds. The van der Waals surface area contributed by atoms with Crippen LogP contribution >= 0.6 is 0 Å². The predicted molar refractivity (Wildman–Crippen MR) is 352 cm³/mol. The Kier molecular flexibility index (Phi) is 63.4. The lowest BCUT2D eigenvalue weighted by atomic mass is 10.1. The lowest BCUT2D eigenvalue weighted by Gasteiger charge is -2.18. The summed E-state index contributed by atoms with van der Waals surface area (Å²) in [5.74, 6) is -0.979. The van der Waals surface area contributed by atoms with Crippen molar-refractivity contribution in [1.82, 2.24) is 0 Å². The van der Waals surface area contributed by atoms with Crippen molar-refractivity contribution in [3.8, 4) is 0 Å². The summed E-state index contributed by atoms with van der Waals surface area (Å²) in [6.45, 7) is 6.35. The molecule has 0 aromatic heterocycles. The molecule has 0 radical (unpaired) electrons. The van der Waals surface area contributed by atoms with Crippen LogP contribution in [0.3, 0.4) is 0 Å². The number of ether oxygens (including phenoxy) is 3. The summed E-state index contributed by atoms with van der Waals surface area (Å²) >= 11 is 0. The van der Waals surface area contributed by atoms with Crippen molar-refractivity contribution >= 4 is 17.9 Å². The van der Waals surface area contributed by atoms with Gasteiger partial charge in [0.1, 0.15) is 13.2 Å². The van der Waals surface area contributed by atoms with E-state index in [2.05, 4.69) is 179 Å². The maximum Gasteiger partial charge on any atom is 0.306 e. The fraction of sp³-hybridized carbons (Fsp3) is 0.613. The minimum absolute atomic E-state index is 0.111. The standard InChI is InChI=1S/C75H120O6/c1-4-7-10-13-16-19-22-25-28-30-32-33-34-35-36-37-38-39-40-41-43-44-47-50-53-56-59-62-65-68-74(77)80-71-72(70-79-73(76)67-64-61-58-55-52-49-46-27-24-21-18-15-12-9-6-3)81-75(78)69-66-63-60-57-54-51-48-45-42-31-29-26-23-20-17-14-11-8-5-2/h7,9-10,12,16,18-19,21,25-29,32-33,35-36,38-39,41,43,46-47,50,52,55,72H,4-6,8,11,13-15,17,20,22-24,30-31,34,37,40,42,44-45,48-49,51,53-54,56-71H2,1-3H3/b10-7-,12-9-,19-16-,21-18-,28-25-,29-26-,33-32-,36-35-,39-38-,43-41-,46-27-,50-47-,55-52-. The second-order valence-electron chi connectivity index (χ2n) is 21.3. The van der Waals surface area contributed by atoms with Crippen LogP contribution < -0.4 is 0 Å². The van der Waals surface area contributed by atoms with Gasteiger partial charge >= 0.3 is 17.9 Å². The molecule has 0 rings (SSSR count). The molecule has 0 saturated carbocycles. The first kappa shape index (κ1) is 76.0. The quantitative estimate of drug-likeness (QED) is 0.0261. The van der Waals surface area contributed by atoms with Crippen molar-refractivity contribution < 1.29 is 28.6 Å². The van der Waals surface area contributed by atoms with Gasteiger partial charge in [0.25, 0.3) is 0 Å². The van der Waals surface area contributed by atoms with Gasteiger partial charge in [0, 0.05) is 19.3 Å². The van der Waals surface area contributed by atoms with Crippen LogP contribution in [-0.2, 0) is 28.6 Å². The number of carbonyl (C=O) groups is 3. The normalized spacial score (nSPS) is 13.2. The van der Waals surface area contributed by atoms with E-state index in [0.717, 1.165) is 141 Å². The van der Waals surface area contributed by atoms with Crippen LogP contribution in [0.2, 0.25) is 0 Å². The van der Waals surface area contributed by atoms with Crippen molar-refractivity contribution in [2.45, 2.75) is 284 Å². The largest absolute Gasteiger partial charge is 0.462 e. The molecule has 0 bridgehead atoms. The topological polar surface area (TPSA) is 78.9 Å². The SMILES string of the molecule is CC/C=C\C/C=C\C/C=C\C/C=C\C/C=C\C/C=C\C/C=C\C/C=C\CCCCCCC(=O)OCC(COC(=O)CCCC/C=C\C/C=C\C/C=C\C/C=C\CC)OC(=O)CCCCCCCCCCC/C=C\CCCCCCCC. The molecule has 1 atom stereocenters. The molecule has 81 heavy (non-hydrogen) atoms. The molecule has 0 fully saturated rings. The summed E-state index contributed by atoms with van der Waals surface area (Å²) in [4.78, 5) is 38.3. The highest BCUT2D eigenvalue weighted by atomic mass is 16.6. The number of esters is 3. The third-order valence-electron chi connectivity index (χ3n) is 13.5. The number of allylic oxidation sites excluding steroid dienone is 26. The van der Waals surface area contributed by atoms with E-state index < -0.39 is 6.10 Å². The van der Waals surface area contributed by atoms with Crippen LogP contribution in [0.25, 0.3) is 0 Å². The highest BCUT2D eigenvalue weighted by Crippen LogP contribution is 2.15. The van der Waals surface area contributed by atoms with E-state index in [1.54, 1.807) is 0 Å². The van der Waals surface area contributed by atoms with Crippen LogP contribution in [0.4, 0.5) is 0 Å². The van der Waals surface area contributed by atoms with Gasteiger partial charge in [-0.05, 0) is 148 Å². The first-order valence-corrected chi connectivity index (χ1v) is 33.0. The van der Waals surface area contributed by atoms with Gasteiger partial charge in [-0.2, -0.15) is 0 Å². The van der Waals surface area contributed by atoms with E-state index in [9.17, 15) is 14.4 Å². The molecule has 6 nitrogen and oxygen atoms in total. The van der Waals surface area contributed by atoms with E-state index in [4.69, 9.17) is 14.2 Å². The molecule has 1 unspecified atom stereocenters. The van der Waals surface area contributed by atoms with E-state index in [1.807, 2.05) is 0 Å². The Hall–Kier alpha value is -4.97. The molecule has 0 spiro atoms. The summed E-state index contributed by atoms with van der Waals surface area (Å²) < 4.78 is 16.9. The zero-order valence-electron chi connectivity index (χ0n) is 52.2. The Morgan fingerprint density at radius 1 is 0.259 bits per heavy atom. The molecular formula is C75H120O6. The van der Waals surface area contributed by atoms with Crippen LogP contribution in [0.15, 0.2) is 158 Å². The molecule has 0 saturated heterocycles. The fourth-order valence-electron chi connectivity index (χ4n) is 8.62. The van der Waals surface area contributed by atoms with Gasteiger partial charge < -0.3 is 14.2 Å². The molecule has 0 N–H and O–H groups in total. The number of hydrogen-bond acceptors (Lipinski definition) is 6. The highest BCUT2D eigenvalue weighted by Gasteiger charge is 2.19. The van der Waals surface area contributed by atoms with Crippen molar-refractivity contribution in [2.24, 2.45) is 0 Å². The molecule has 0 aliphatic carbocycles. The van der Waals surface area contributed by atoms with Crippen LogP contribution in [0.1, 0.15) is 278 Å². The van der Waals surface area contributed by atoms with Gasteiger partial charge in [-0.1, -0.05) is 269 Å². The molecule has 0 aromatic rings. The first-order chi connectivity index (χ1) is 40.0. The maximum atomic E-state index is 12.9. The third kappa shape index (κ3) is 65.7. The van der Waals surface area contributed by atoms with Gasteiger partial charge in [-0.25, -0.2) is 0 Å². The number of carbonyl (C=O) groups excluding carboxylic acids is 3. The third-order valence-corrected chi connectivity index (χ3v) is 13.5. The molecular weight excluding hydrogens is 997 g/mol. The monoisotopic (exact) mass is 1120 g/mol. The summed E-state index contributed by atoms with van der Waals surface area (Å²) in [6.07, 6.45) is 98.2. The second kappa shape index (κ2) is 67.5. The minimum atomic E-state index is -0.816. The molecule has 0 aromatic carbocycles. The van der Waals surface area contributed by atoms with E-state index in [-0.39, 0.29) is 31.1 Å². The van der Waals surface area contributed by atoms with Crippen molar-refractivity contribution in [3.63, 3.8) is 0 Å². The first-order valence-electron chi connectivity index (χ1n) is 33.0. The van der Waals surface area contributed by atoms with Crippen molar-refractivity contribution in [3.05, 3.63) is 158 Å². The zero-order valence-corrected chi connectivity index (χ0v) is 52.2. The van der Waals surface area contributed by atoms with Gasteiger partial charge in [-0.15, -0.1) is 0 Å².